The van der Waals surface area contributed by atoms with Crippen molar-refractivity contribution in [3.8, 4) is 5.75 Å². The van der Waals surface area contributed by atoms with Crippen molar-refractivity contribution in [3.63, 3.8) is 0 Å². The summed E-state index contributed by atoms with van der Waals surface area (Å²) in [5.41, 5.74) is 1.45. The molecular formula is C26H29N5O4S. The van der Waals surface area contributed by atoms with Crippen LogP contribution in [-0.2, 0) is 4.79 Å². The third-order valence-corrected chi connectivity index (χ3v) is 7.85. The van der Waals surface area contributed by atoms with E-state index in [2.05, 4.69) is 20.6 Å². The fourth-order valence-corrected chi connectivity index (χ4v) is 5.77. The van der Waals surface area contributed by atoms with Crippen molar-refractivity contribution < 1.29 is 19.1 Å². The molecule has 1 aromatic carbocycles. The van der Waals surface area contributed by atoms with Crippen molar-refractivity contribution >= 4 is 40.0 Å². The Morgan fingerprint density at radius 3 is 2.72 bits per heavy atom. The van der Waals surface area contributed by atoms with E-state index >= 15 is 0 Å². The number of likely N-dealkylation sites (tertiary alicyclic amines) is 1. The molecule has 4 heterocycles. The van der Waals surface area contributed by atoms with Crippen molar-refractivity contribution in [2.75, 3.05) is 26.7 Å². The second-order valence-corrected chi connectivity index (χ2v) is 10.1. The van der Waals surface area contributed by atoms with Gasteiger partial charge < -0.3 is 20.3 Å². The van der Waals surface area contributed by atoms with Gasteiger partial charge in [0, 0.05) is 42.4 Å². The summed E-state index contributed by atoms with van der Waals surface area (Å²) in [7, 11) is 1.59. The summed E-state index contributed by atoms with van der Waals surface area (Å²) in [5, 5.41) is 9.18. The van der Waals surface area contributed by atoms with E-state index in [0.29, 0.717) is 43.2 Å². The molecule has 2 aliphatic rings. The number of pyridine rings is 1. The molecule has 0 saturated carbocycles. The molecule has 5 rings (SSSR count). The Bertz CT molecular complexity index is 1280. The van der Waals surface area contributed by atoms with E-state index in [1.54, 1.807) is 18.6 Å². The smallest absolute Gasteiger partial charge is 0.272 e. The minimum absolute atomic E-state index is 0.113. The highest BCUT2D eigenvalue weighted by atomic mass is 32.1. The van der Waals surface area contributed by atoms with Crippen LogP contribution in [0, 0.1) is 0 Å². The second kappa shape index (κ2) is 10.6. The van der Waals surface area contributed by atoms with Crippen molar-refractivity contribution in [1.29, 1.82) is 0 Å². The van der Waals surface area contributed by atoms with Crippen molar-refractivity contribution in [1.82, 2.24) is 25.5 Å². The summed E-state index contributed by atoms with van der Waals surface area (Å²) in [4.78, 5) is 49.0. The largest absolute Gasteiger partial charge is 0.496 e. The SMILES string of the molecule is COc1cc(C(=O)N2CCC(c3nc(C(=O)NC4CCCCNC4=O)cs3)CC2)nc2ccccc12. The lowest BCUT2D eigenvalue weighted by atomic mass is 9.97. The van der Waals surface area contributed by atoms with Gasteiger partial charge in [0.2, 0.25) is 5.91 Å². The number of hydrogen-bond acceptors (Lipinski definition) is 7. The van der Waals surface area contributed by atoms with E-state index in [0.717, 1.165) is 41.6 Å². The molecule has 0 bridgehead atoms. The van der Waals surface area contributed by atoms with Crippen LogP contribution in [0.25, 0.3) is 10.9 Å². The molecule has 3 aromatic rings. The van der Waals surface area contributed by atoms with Crippen LogP contribution in [0.5, 0.6) is 5.75 Å². The van der Waals surface area contributed by atoms with E-state index < -0.39 is 6.04 Å². The first-order valence-corrected chi connectivity index (χ1v) is 13.2. The monoisotopic (exact) mass is 507 g/mol. The van der Waals surface area contributed by atoms with Crippen molar-refractivity contribution in [2.45, 2.75) is 44.1 Å². The van der Waals surface area contributed by atoms with E-state index in [9.17, 15) is 14.4 Å². The van der Waals surface area contributed by atoms with Crippen LogP contribution in [0.1, 0.15) is 64.0 Å². The number of carbonyl (C=O) groups is 3. The molecule has 0 spiro atoms. The number of aromatic nitrogens is 2. The van der Waals surface area contributed by atoms with Gasteiger partial charge in [0.05, 0.1) is 17.6 Å². The molecule has 2 aromatic heterocycles. The Kier molecular flexibility index (Phi) is 7.13. The minimum atomic E-state index is -0.512. The molecule has 188 valence electrons. The van der Waals surface area contributed by atoms with Crippen LogP contribution in [0.15, 0.2) is 35.7 Å². The zero-order chi connectivity index (χ0) is 25.1. The summed E-state index contributed by atoms with van der Waals surface area (Å²) >= 11 is 1.46. The Labute approximate surface area is 213 Å². The van der Waals surface area contributed by atoms with E-state index in [-0.39, 0.29) is 23.6 Å². The van der Waals surface area contributed by atoms with Gasteiger partial charge in [0.1, 0.15) is 23.2 Å². The van der Waals surface area contributed by atoms with Crippen LogP contribution in [0.4, 0.5) is 0 Å². The summed E-state index contributed by atoms with van der Waals surface area (Å²) in [6.07, 6.45) is 3.97. The lowest BCUT2D eigenvalue weighted by molar-refractivity contribution is -0.122. The maximum absolute atomic E-state index is 13.2. The highest BCUT2D eigenvalue weighted by Crippen LogP contribution is 2.32. The fourth-order valence-electron chi connectivity index (χ4n) is 4.80. The van der Waals surface area contributed by atoms with Crippen LogP contribution >= 0.6 is 11.3 Å². The Balaban J connectivity index is 1.21. The molecule has 1 atom stereocenters. The van der Waals surface area contributed by atoms with Crippen LogP contribution < -0.4 is 15.4 Å². The molecule has 9 nitrogen and oxygen atoms in total. The van der Waals surface area contributed by atoms with Gasteiger partial charge in [-0.15, -0.1) is 11.3 Å². The van der Waals surface area contributed by atoms with Crippen LogP contribution in [0.3, 0.4) is 0 Å². The topological polar surface area (TPSA) is 114 Å². The number of amides is 3. The van der Waals surface area contributed by atoms with Crippen LogP contribution in [-0.4, -0.2) is 65.4 Å². The number of fused-ring (bicyclic) bond motifs is 1. The van der Waals surface area contributed by atoms with Gasteiger partial charge in [0.25, 0.3) is 11.8 Å². The molecule has 10 heteroatoms. The predicted octanol–water partition coefficient (Wildman–Crippen LogP) is 3.12. The van der Waals surface area contributed by atoms with Gasteiger partial charge in [-0.05, 0) is 44.2 Å². The van der Waals surface area contributed by atoms with Crippen molar-refractivity contribution in [3.05, 3.63) is 52.1 Å². The minimum Gasteiger partial charge on any atom is -0.496 e. The van der Waals surface area contributed by atoms with Gasteiger partial charge in [-0.2, -0.15) is 0 Å². The first-order valence-electron chi connectivity index (χ1n) is 12.3. The molecule has 0 radical (unpaired) electrons. The second-order valence-electron chi connectivity index (χ2n) is 9.18. The number of methoxy groups -OCH3 is 1. The number of ether oxygens (including phenoxy) is 1. The quantitative estimate of drug-likeness (QED) is 0.549. The number of nitrogens with zero attached hydrogens (tertiary/aromatic N) is 3. The maximum atomic E-state index is 13.2. The number of thiazole rings is 1. The number of hydrogen-bond donors (Lipinski definition) is 2. The molecule has 0 aliphatic carbocycles. The molecule has 36 heavy (non-hydrogen) atoms. The van der Waals surface area contributed by atoms with E-state index in [1.165, 1.54) is 11.3 Å². The summed E-state index contributed by atoms with van der Waals surface area (Å²) in [6, 6.07) is 8.80. The molecule has 3 amide bonds. The first-order chi connectivity index (χ1) is 17.5. The molecule has 2 N–H and O–H groups in total. The number of nitrogens with one attached hydrogen (secondary N) is 2. The number of rotatable bonds is 5. The summed E-state index contributed by atoms with van der Waals surface area (Å²) < 4.78 is 5.49. The third-order valence-electron chi connectivity index (χ3n) is 6.84. The Morgan fingerprint density at radius 1 is 1.11 bits per heavy atom. The molecular weight excluding hydrogens is 478 g/mol. The number of para-hydroxylation sites is 1. The lowest BCUT2D eigenvalue weighted by Gasteiger charge is -2.31. The number of benzene rings is 1. The molecule has 2 saturated heterocycles. The highest BCUT2D eigenvalue weighted by Gasteiger charge is 2.29. The predicted molar refractivity (Wildman–Crippen MR) is 136 cm³/mol. The molecule has 2 fully saturated rings. The zero-order valence-electron chi connectivity index (χ0n) is 20.2. The third kappa shape index (κ3) is 5.04. The van der Waals surface area contributed by atoms with Crippen LogP contribution in [0.2, 0.25) is 0 Å². The number of carbonyl (C=O) groups excluding carboxylic acids is 3. The van der Waals surface area contributed by atoms with Crippen molar-refractivity contribution in [2.24, 2.45) is 0 Å². The molecule has 2 aliphatic heterocycles. The van der Waals surface area contributed by atoms with E-state index in [1.807, 2.05) is 29.2 Å². The summed E-state index contributed by atoms with van der Waals surface area (Å²) in [6.45, 7) is 1.82. The Morgan fingerprint density at radius 2 is 1.92 bits per heavy atom. The number of piperidine rings is 1. The average Bonchev–Trinajstić information content (AvgIpc) is 3.33. The maximum Gasteiger partial charge on any atom is 0.272 e. The Hall–Kier alpha value is -3.53. The zero-order valence-corrected chi connectivity index (χ0v) is 21.0. The standard InChI is InChI=1S/C26H29N5O4S/c1-35-22-14-20(28-18-7-3-2-6-17(18)22)26(34)31-12-9-16(10-13-31)25-30-21(15-36-25)24(33)29-19-8-4-5-11-27-23(19)32/h2-3,6-7,14-16,19H,4-5,8-13H2,1H3,(H,27,32)(H,29,33). The molecule has 1 unspecified atom stereocenters. The van der Waals surface area contributed by atoms with Gasteiger partial charge in [-0.3, -0.25) is 14.4 Å². The first kappa shape index (κ1) is 24.2. The normalized spacial score (nSPS) is 19.0. The van der Waals surface area contributed by atoms with Gasteiger partial charge in [-0.1, -0.05) is 12.1 Å². The average molecular weight is 508 g/mol. The fraction of sp³-hybridized carbons (Fsp3) is 0.423. The van der Waals surface area contributed by atoms with Gasteiger partial charge in [0.15, 0.2) is 0 Å². The van der Waals surface area contributed by atoms with Gasteiger partial charge in [-0.25, -0.2) is 9.97 Å². The lowest BCUT2D eigenvalue weighted by Crippen LogP contribution is -2.45. The summed E-state index contributed by atoms with van der Waals surface area (Å²) in [5.74, 6) is 0.253. The highest BCUT2D eigenvalue weighted by molar-refractivity contribution is 7.09. The van der Waals surface area contributed by atoms with E-state index in [4.69, 9.17) is 4.74 Å². The van der Waals surface area contributed by atoms with Gasteiger partial charge >= 0.3 is 0 Å².